The number of rotatable bonds is 3. The summed E-state index contributed by atoms with van der Waals surface area (Å²) < 4.78 is 7.21. The van der Waals surface area contributed by atoms with Crippen molar-refractivity contribution in [1.29, 1.82) is 0 Å². The smallest absolute Gasteiger partial charge is 0.349 e. The van der Waals surface area contributed by atoms with Gasteiger partial charge in [-0.25, -0.2) is 9.78 Å². The van der Waals surface area contributed by atoms with Gasteiger partial charge in [-0.15, -0.1) is 0 Å². The molecule has 0 atom stereocenters. The predicted octanol–water partition coefficient (Wildman–Crippen LogP) is 4.67. The normalized spacial score (nSPS) is 11.1. The summed E-state index contributed by atoms with van der Waals surface area (Å²) in [7, 11) is 0. The van der Waals surface area contributed by atoms with Gasteiger partial charge in [-0.2, -0.15) is 0 Å². The van der Waals surface area contributed by atoms with Gasteiger partial charge in [0.15, 0.2) is 0 Å². The van der Waals surface area contributed by atoms with Crippen LogP contribution in [-0.4, -0.2) is 15.3 Å². The van der Waals surface area contributed by atoms with Crippen LogP contribution in [0, 0.1) is 6.92 Å². The SMILES string of the molecule is Cc1ccn2cc(-c3ccc(NC(=O)c4cc5ccccc5oc4=O)cc3)nc2c1. The van der Waals surface area contributed by atoms with Crippen LogP contribution in [0.4, 0.5) is 5.69 Å². The van der Waals surface area contributed by atoms with Crippen molar-refractivity contribution in [1.82, 2.24) is 9.38 Å². The number of anilines is 1. The number of fused-ring (bicyclic) bond motifs is 2. The highest BCUT2D eigenvalue weighted by molar-refractivity contribution is 6.05. The Hall–Kier alpha value is -4.19. The zero-order valence-electron chi connectivity index (χ0n) is 16.1. The van der Waals surface area contributed by atoms with E-state index in [1.54, 1.807) is 36.4 Å². The Morgan fingerprint density at radius 3 is 2.67 bits per heavy atom. The van der Waals surface area contributed by atoms with Crippen LogP contribution in [0.2, 0.25) is 0 Å². The van der Waals surface area contributed by atoms with Gasteiger partial charge in [0.1, 0.15) is 16.8 Å². The summed E-state index contributed by atoms with van der Waals surface area (Å²) in [5.74, 6) is -0.509. The van der Waals surface area contributed by atoms with Gasteiger partial charge < -0.3 is 14.1 Å². The van der Waals surface area contributed by atoms with Gasteiger partial charge in [-0.3, -0.25) is 4.79 Å². The molecule has 0 saturated carbocycles. The van der Waals surface area contributed by atoms with Gasteiger partial charge in [-0.1, -0.05) is 30.3 Å². The number of amides is 1. The van der Waals surface area contributed by atoms with Crippen molar-refractivity contribution in [3.8, 4) is 11.3 Å². The van der Waals surface area contributed by atoms with Gasteiger partial charge in [-0.05, 0) is 48.9 Å². The van der Waals surface area contributed by atoms with E-state index in [1.165, 1.54) is 0 Å². The van der Waals surface area contributed by atoms with E-state index in [2.05, 4.69) is 10.3 Å². The first-order valence-electron chi connectivity index (χ1n) is 9.47. The Morgan fingerprint density at radius 2 is 1.83 bits per heavy atom. The second-order valence-corrected chi connectivity index (χ2v) is 7.11. The topological polar surface area (TPSA) is 76.6 Å². The maximum Gasteiger partial charge on any atom is 0.349 e. The molecule has 5 rings (SSSR count). The van der Waals surface area contributed by atoms with Gasteiger partial charge in [0.05, 0.1) is 5.69 Å². The van der Waals surface area contributed by atoms with Crippen molar-refractivity contribution in [3.05, 3.63) is 101 Å². The lowest BCUT2D eigenvalue weighted by Crippen LogP contribution is -2.20. The standard InChI is InChI=1S/C24H17N3O3/c1-15-10-11-27-14-20(26-22(27)12-15)16-6-8-18(9-7-16)25-23(28)19-13-17-4-2-3-5-21(17)30-24(19)29/h2-14H,1H3,(H,25,28). The third kappa shape index (κ3) is 3.24. The molecule has 6 nitrogen and oxygen atoms in total. The second kappa shape index (κ2) is 7.00. The first-order chi connectivity index (χ1) is 14.6. The molecule has 0 fully saturated rings. The Balaban J connectivity index is 1.40. The number of nitrogens with zero attached hydrogens (tertiary/aromatic N) is 2. The average Bonchev–Trinajstić information content (AvgIpc) is 3.17. The number of carbonyl (C=O) groups is 1. The van der Waals surface area contributed by atoms with E-state index in [1.807, 2.05) is 54.0 Å². The quantitative estimate of drug-likeness (QED) is 0.451. The maximum absolute atomic E-state index is 12.6. The van der Waals surface area contributed by atoms with Gasteiger partial charge in [0.25, 0.3) is 5.91 Å². The van der Waals surface area contributed by atoms with Crippen molar-refractivity contribution < 1.29 is 9.21 Å². The molecule has 30 heavy (non-hydrogen) atoms. The van der Waals surface area contributed by atoms with Crippen molar-refractivity contribution >= 4 is 28.2 Å². The molecule has 0 spiro atoms. The summed E-state index contributed by atoms with van der Waals surface area (Å²) in [6.45, 7) is 2.03. The molecular formula is C24H17N3O3. The molecular weight excluding hydrogens is 378 g/mol. The number of hydrogen-bond acceptors (Lipinski definition) is 4. The molecule has 0 aliphatic carbocycles. The summed E-state index contributed by atoms with van der Waals surface area (Å²) in [4.78, 5) is 29.4. The lowest BCUT2D eigenvalue weighted by atomic mass is 10.1. The summed E-state index contributed by atoms with van der Waals surface area (Å²) in [6.07, 6.45) is 3.94. The van der Waals surface area contributed by atoms with Crippen LogP contribution in [0.3, 0.4) is 0 Å². The second-order valence-electron chi connectivity index (χ2n) is 7.11. The van der Waals surface area contributed by atoms with Crippen molar-refractivity contribution in [3.63, 3.8) is 0 Å². The Kier molecular flexibility index (Phi) is 4.17. The fourth-order valence-electron chi connectivity index (χ4n) is 3.37. The molecule has 146 valence electrons. The number of aromatic nitrogens is 2. The van der Waals surface area contributed by atoms with Crippen LogP contribution in [0.1, 0.15) is 15.9 Å². The lowest BCUT2D eigenvalue weighted by molar-refractivity contribution is 0.102. The van der Waals surface area contributed by atoms with Crippen LogP contribution < -0.4 is 10.9 Å². The van der Waals surface area contributed by atoms with Crippen molar-refractivity contribution in [2.75, 3.05) is 5.32 Å². The molecule has 0 radical (unpaired) electrons. The van der Waals surface area contributed by atoms with E-state index in [0.717, 1.165) is 22.5 Å². The van der Waals surface area contributed by atoms with Crippen LogP contribution in [0.25, 0.3) is 27.9 Å². The minimum absolute atomic E-state index is 0.0338. The first kappa shape index (κ1) is 17.9. The van der Waals surface area contributed by atoms with E-state index in [-0.39, 0.29) is 5.56 Å². The minimum Gasteiger partial charge on any atom is -0.422 e. The number of benzene rings is 2. The molecule has 2 aromatic carbocycles. The molecule has 1 N–H and O–H groups in total. The first-order valence-corrected chi connectivity index (χ1v) is 9.47. The van der Waals surface area contributed by atoms with Crippen LogP contribution in [0.5, 0.6) is 0 Å². The summed E-state index contributed by atoms with van der Waals surface area (Å²) >= 11 is 0. The van der Waals surface area contributed by atoms with Gasteiger partial charge >= 0.3 is 5.63 Å². The molecule has 0 aliphatic heterocycles. The molecule has 0 saturated heterocycles. The Labute approximate surface area is 171 Å². The van der Waals surface area contributed by atoms with E-state index in [0.29, 0.717) is 16.7 Å². The number of pyridine rings is 1. The maximum atomic E-state index is 12.6. The molecule has 0 aliphatic rings. The molecule has 6 heteroatoms. The number of hydrogen-bond donors (Lipinski definition) is 1. The molecule has 5 aromatic rings. The van der Waals surface area contributed by atoms with E-state index in [4.69, 9.17) is 4.42 Å². The van der Waals surface area contributed by atoms with Gasteiger partial charge in [0.2, 0.25) is 0 Å². The number of carbonyl (C=O) groups excluding carboxylic acids is 1. The molecule has 3 aromatic heterocycles. The third-order valence-electron chi connectivity index (χ3n) is 4.94. The third-order valence-corrected chi connectivity index (χ3v) is 4.94. The molecule has 3 heterocycles. The number of imidazole rings is 1. The largest absolute Gasteiger partial charge is 0.422 e. The van der Waals surface area contributed by atoms with Crippen molar-refractivity contribution in [2.24, 2.45) is 0 Å². The number of aryl methyl sites for hydroxylation is 1. The summed E-state index contributed by atoms with van der Waals surface area (Å²) in [5, 5.41) is 3.45. The molecule has 0 bridgehead atoms. The fraction of sp³-hybridized carbons (Fsp3) is 0.0417. The number of nitrogens with one attached hydrogen (secondary N) is 1. The summed E-state index contributed by atoms with van der Waals surface area (Å²) in [6, 6.07) is 20.0. The van der Waals surface area contributed by atoms with E-state index >= 15 is 0 Å². The average molecular weight is 395 g/mol. The van der Waals surface area contributed by atoms with E-state index in [9.17, 15) is 9.59 Å². The lowest BCUT2D eigenvalue weighted by Gasteiger charge is -2.06. The van der Waals surface area contributed by atoms with Crippen LogP contribution in [-0.2, 0) is 0 Å². The Morgan fingerprint density at radius 1 is 1.03 bits per heavy atom. The Bertz CT molecular complexity index is 1460. The fourth-order valence-corrected chi connectivity index (χ4v) is 3.37. The van der Waals surface area contributed by atoms with Crippen LogP contribution >= 0.6 is 0 Å². The highest BCUT2D eigenvalue weighted by Gasteiger charge is 2.14. The van der Waals surface area contributed by atoms with Crippen molar-refractivity contribution in [2.45, 2.75) is 6.92 Å². The summed E-state index contributed by atoms with van der Waals surface area (Å²) in [5.41, 5.74) is 4.13. The number of para-hydroxylation sites is 1. The minimum atomic E-state index is -0.664. The highest BCUT2D eigenvalue weighted by atomic mass is 16.4. The monoisotopic (exact) mass is 395 g/mol. The molecule has 0 unspecified atom stereocenters. The molecule has 1 amide bonds. The van der Waals surface area contributed by atoms with Crippen LogP contribution in [0.15, 0.2) is 88.3 Å². The zero-order valence-corrected chi connectivity index (χ0v) is 16.1. The van der Waals surface area contributed by atoms with Gasteiger partial charge in [0, 0.05) is 29.0 Å². The predicted molar refractivity (Wildman–Crippen MR) is 116 cm³/mol. The zero-order chi connectivity index (χ0) is 20.7. The van der Waals surface area contributed by atoms with E-state index < -0.39 is 11.5 Å². The highest BCUT2D eigenvalue weighted by Crippen LogP contribution is 2.22.